The van der Waals surface area contributed by atoms with E-state index in [0.717, 1.165) is 0 Å². The van der Waals surface area contributed by atoms with Gasteiger partial charge in [0.05, 0.1) is 6.61 Å². The molecule has 2 heterocycles. The van der Waals surface area contributed by atoms with Crippen molar-refractivity contribution in [3.63, 3.8) is 0 Å². The van der Waals surface area contributed by atoms with Gasteiger partial charge in [-0.05, 0) is 40.5 Å². The van der Waals surface area contributed by atoms with Gasteiger partial charge in [-0.3, -0.25) is 4.79 Å². The van der Waals surface area contributed by atoms with Gasteiger partial charge in [0.2, 0.25) is 5.91 Å². The third-order valence-corrected chi connectivity index (χ3v) is 4.36. The minimum absolute atomic E-state index is 0.131. The third-order valence-electron chi connectivity index (χ3n) is 4.36. The lowest BCUT2D eigenvalue weighted by molar-refractivity contribution is -0.149. The van der Waals surface area contributed by atoms with Crippen LogP contribution in [0.25, 0.3) is 0 Å². The second-order valence-electron chi connectivity index (χ2n) is 7.26. The molecule has 0 radical (unpaired) electrons. The Morgan fingerprint density at radius 1 is 1.30 bits per heavy atom. The van der Waals surface area contributed by atoms with Gasteiger partial charge in [-0.2, -0.15) is 0 Å². The lowest BCUT2D eigenvalue weighted by atomic mass is 9.72. The molecule has 0 saturated carbocycles. The molecule has 0 aromatic carbocycles. The van der Waals surface area contributed by atoms with Crippen molar-refractivity contribution in [1.29, 1.82) is 0 Å². The van der Waals surface area contributed by atoms with Crippen molar-refractivity contribution in [2.24, 2.45) is 5.41 Å². The van der Waals surface area contributed by atoms with Crippen LogP contribution >= 0.6 is 0 Å². The average molecular weight is 326 g/mol. The number of hydrogen-bond acceptors (Lipinski definition) is 5. The van der Waals surface area contributed by atoms with E-state index >= 15 is 0 Å². The van der Waals surface area contributed by atoms with Gasteiger partial charge in [-0.1, -0.05) is 0 Å². The Morgan fingerprint density at radius 3 is 2.43 bits per heavy atom. The van der Waals surface area contributed by atoms with Gasteiger partial charge in [-0.15, -0.1) is 0 Å². The molecule has 1 spiro atoms. The van der Waals surface area contributed by atoms with E-state index in [9.17, 15) is 14.4 Å². The maximum Gasteiger partial charge on any atom is 0.410 e. The van der Waals surface area contributed by atoms with E-state index in [1.165, 1.54) is 0 Å². The SMILES string of the molecule is CCOC(=O)C1NC(=O)CC12CCN(C(=O)OC(C)(C)C)CC2. The molecule has 2 rings (SSSR count). The van der Waals surface area contributed by atoms with Gasteiger partial charge in [-0.25, -0.2) is 9.59 Å². The van der Waals surface area contributed by atoms with Crippen molar-refractivity contribution in [3.8, 4) is 0 Å². The summed E-state index contributed by atoms with van der Waals surface area (Å²) in [4.78, 5) is 37.7. The standard InChI is InChI=1S/C16H26N2O5/c1-5-22-13(20)12-16(10-11(19)17-12)6-8-18(9-7-16)14(21)23-15(2,3)4/h12H,5-10H2,1-4H3,(H,17,19). The van der Waals surface area contributed by atoms with Gasteiger partial charge in [0.1, 0.15) is 11.6 Å². The molecule has 2 amide bonds. The Labute approximate surface area is 136 Å². The number of hydrogen-bond donors (Lipinski definition) is 1. The first-order valence-electron chi connectivity index (χ1n) is 8.11. The van der Waals surface area contributed by atoms with Crippen LogP contribution in [0.3, 0.4) is 0 Å². The van der Waals surface area contributed by atoms with E-state index in [4.69, 9.17) is 9.47 Å². The summed E-state index contributed by atoms with van der Waals surface area (Å²) in [5.74, 6) is -0.516. The number of rotatable bonds is 2. The lowest BCUT2D eigenvalue weighted by Crippen LogP contribution is -2.52. The molecule has 0 aromatic heterocycles. The van der Waals surface area contributed by atoms with Gasteiger partial charge < -0.3 is 19.7 Å². The first-order valence-corrected chi connectivity index (χ1v) is 8.11. The lowest BCUT2D eigenvalue weighted by Gasteiger charge is -2.41. The summed E-state index contributed by atoms with van der Waals surface area (Å²) in [7, 11) is 0. The highest BCUT2D eigenvalue weighted by atomic mass is 16.6. The Kier molecular flexibility index (Phi) is 4.87. The molecule has 0 bridgehead atoms. The minimum Gasteiger partial charge on any atom is -0.464 e. The highest BCUT2D eigenvalue weighted by Gasteiger charge is 2.52. The predicted molar refractivity (Wildman–Crippen MR) is 82.7 cm³/mol. The molecule has 2 fully saturated rings. The summed E-state index contributed by atoms with van der Waals surface area (Å²) in [6, 6.07) is -0.615. The molecule has 0 aliphatic carbocycles. The second-order valence-corrected chi connectivity index (χ2v) is 7.26. The van der Waals surface area contributed by atoms with Gasteiger partial charge in [0.25, 0.3) is 0 Å². The Balaban J connectivity index is 2.02. The number of amides is 2. The molecule has 130 valence electrons. The van der Waals surface area contributed by atoms with Crippen LogP contribution < -0.4 is 5.32 Å². The van der Waals surface area contributed by atoms with Crippen molar-refractivity contribution < 1.29 is 23.9 Å². The third kappa shape index (κ3) is 3.95. The van der Waals surface area contributed by atoms with Gasteiger partial charge >= 0.3 is 12.1 Å². The maximum absolute atomic E-state index is 12.1. The number of ether oxygens (including phenoxy) is 2. The Morgan fingerprint density at radius 2 is 1.91 bits per heavy atom. The van der Waals surface area contributed by atoms with Crippen LogP contribution in [0.5, 0.6) is 0 Å². The van der Waals surface area contributed by atoms with Crippen molar-refractivity contribution >= 4 is 18.0 Å². The van der Waals surface area contributed by atoms with E-state index < -0.39 is 17.1 Å². The Bertz CT molecular complexity index is 489. The second kappa shape index (κ2) is 6.37. The fourth-order valence-electron chi connectivity index (χ4n) is 3.25. The number of carbonyl (C=O) groups is 3. The molecule has 7 nitrogen and oxygen atoms in total. The molecule has 7 heteroatoms. The molecule has 2 saturated heterocycles. The largest absolute Gasteiger partial charge is 0.464 e. The molecule has 2 aliphatic heterocycles. The number of nitrogens with one attached hydrogen (secondary N) is 1. The van der Waals surface area contributed by atoms with E-state index in [1.807, 2.05) is 20.8 Å². The summed E-state index contributed by atoms with van der Waals surface area (Å²) >= 11 is 0. The zero-order chi connectivity index (χ0) is 17.3. The molecule has 1 N–H and O–H groups in total. The van der Waals surface area contributed by atoms with E-state index in [0.29, 0.717) is 32.4 Å². The average Bonchev–Trinajstić information content (AvgIpc) is 2.74. The molecule has 23 heavy (non-hydrogen) atoms. The fraction of sp³-hybridized carbons (Fsp3) is 0.812. The predicted octanol–water partition coefficient (Wildman–Crippen LogP) is 1.46. The van der Waals surface area contributed by atoms with Crippen LogP contribution in [0.2, 0.25) is 0 Å². The molecular weight excluding hydrogens is 300 g/mol. The smallest absolute Gasteiger partial charge is 0.410 e. The van der Waals surface area contributed by atoms with Crippen molar-refractivity contribution in [3.05, 3.63) is 0 Å². The minimum atomic E-state index is -0.615. The zero-order valence-electron chi connectivity index (χ0n) is 14.3. The van der Waals surface area contributed by atoms with Crippen LogP contribution in [0.15, 0.2) is 0 Å². The number of esters is 1. The van der Waals surface area contributed by atoms with Crippen LogP contribution in [0.4, 0.5) is 4.79 Å². The first-order chi connectivity index (χ1) is 10.7. The summed E-state index contributed by atoms with van der Waals surface area (Å²) in [5.41, 5.74) is -0.994. The van der Waals surface area contributed by atoms with Gasteiger partial charge in [0, 0.05) is 24.9 Å². The fourth-order valence-corrected chi connectivity index (χ4v) is 3.25. The summed E-state index contributed by atoms with van der Waals surface area (Å²) in [5, 5.41) is 2.73. The number of carbonyl (C=O) groups excluding carboxylic acids is 3. The molecule has 2 aliphatic rings. The number of piperidine rings is 1. The summed E-state index contributed by atoms with van der Waals surface area (Å²) in [6.45, 7) is 8.45. The van der Waals surface area contributed by atoms with E-state index in [-0.39, 0.29) is 24.6 Å². The van der Waals surface area contributed by atoms with Crippen molar-refractivity contribution in [2.75, 3.05) is 19.7 Å². The summed E-state index contributed by atoms with van der Waals surface area (Å²) < 4.78 is 10.5. The van der Waals surface area contributed by atoms with Crippen LogP contribution in [-0.4, -0.2) is 54.2 Å². The normalized spacial score (nSPS) is 23.6. The molecule has 0 aromatic rings. The number of nitrogens with zero attached hydrogens (tertiary/aromatic N) is 1. The van der Waals surface area contributed by atoms with Crippen LogP contribution in [0, 0.1) is 5.41 Å². The van der Waals surface area contributed by atoms with E-state index in [1.54, 1.807) is 11.8 Å². The maximum atomic E-state index is 12.1. The highest BCUT2D eigenvalue weighted by molar-refractivity contribution is 5.90. The summed E-state index contributed by atoms with van der Waals surface area (Å²) in [6.07, 6.45) is 1.11. The van der Waals surface area contributed by atoms with Gasteiger partial charge in [0.15, 0.2) is 0 Å². The van der Waals surface area contributed by atoms with Crippen molar-refractivity contribution in [1.82, 2.24) is 10.2 Å². The Hall–Kier alpha value is -1.79. The first kappa shape index (κ1) is 17.6. The number of likely N-dealkylation sites (tertiary alicyclic amines) is 1. The monoisotopic (exact) mass is 326 g/mol. The highest BCUT2D eigenvalue weighted by Crippen LogP contribution is 2.42. The van der Waals surface area contributed by atoms with Crippen LogP contribution in [-0.2, 0) is 19.1 Å². The molecule has 1 atom stereocenters. The van der Waals surface area contributed by atoms with Crippen LogP contribution in [0.1, 0.15) is 47.0 Å². The quantitative estimate of drug-likeness (QED) is 0.777. The van der Waals surface area contributed by atoms with E-state index in [2.05, 4.69) is 5.32 Å². The van der Waals surface area contributed by atoms with Crippen molar-refractivity contribution in [2.45, 2.75) is 58.6 Å². The topological polar surface area (TPSA) is 84.9 Å². The zero-order valence-corrected chi connectivity index (χ0v) is 14.3. The molecular formula is C16H26N2O5. The molecule has 1 unspecified atom stereocenters.